The van der Waals surface area contributed by atoms with Crippen molar-refractivity contribution in [3.63, 3.8) is 0 Å². The smallest absolute Gasteiger partial charge is 0.243 e. The highest BCUT2D eigenvalue weighted by molar-refractivity contribution is 14.0. The lowest BCUT2D eigenvalue weighted by atomic mass is 9.96. The molecule has 0 heterocycles. The second-order valence-corrected chi connectivity index (χ2v) is 7.76. The van der Waals surface area contributed by atoms with Crippen molar-refractivity contribution >= 4 is 35.8 Å². The number of amides is 1. The first-order chi connectivity index (χ1) is 14.5. The molecule has 1 amide bonds. The first kappa shape index (κ1) is 27.3. The van der Waals surface area contributed by atoms with Crippen molar-refractivity contribution < 1.29 is 14.3 Å². The number of aliphatic imine (C=N–C) groups is 1. The highest BCUT2D eigenvalue weighted by Gasteiger charge is 2.15. The van der Waals surface area contributed by atoms with E-state index in [0.29, 0.717) is 31.8 Å². The second-order valence-electron chi connectivity index (χ2n) is 7.76. The zero-order valence-corrected chi connectivity index (χ0v) is 21.7. The molecule has 2 N–H and O–H groups in total. The van der Waals surface area contributed by atoms with Gasteiger partial charge in [0.1, 0.15) is 6.54 Å². The van der Waals surface area contributed by atoms with E-state index in [4.69, 9.17) is 9.47 Å². The molecule has 1 saturated carbocycles. The molecule has 0 unspecified atom stereocenters. The van der Waals surface area contributed by atoms with Gasteiger partial charge in [0.15, 0.2) is 17.5 Å². The van der Waals surface area contributed by atoms with Gasteiger partial charge in [0, 0.05) is 26.7 Å². The van der Waals surface area contributed by atoms with Gasteiger partial charge in [-0.15, -0.1) is 24.0 Å². The number of carbonyl (C=O) groups is 1. The van der Waals surface area contributed by atoms with E-state index in [1.54, 1.807) is 19.0 Å². The van der Waals surface area contributed by atoms with Gasteiger partial charge in [-0.1, -0.05) is 25.3 Å². The fraction of sp³-hybridized carbons (Fsp3) is 0.652. The Morgan fingerprint density at radius 2 is 1.77 bits per heavy atom. The molecule has 0 bridgehead atoms. The molecule has 1 aromatic rings. The first-order valence-electron chi connectivity index (χ1n) is 11.2. The lowest BCUT2D eigenvalue weighted by Gasteiger charge is -2.25. The van der Waals surface area contributed by atoms with Gasteiger partial charge in [-0.3, -0.25) is 4.79 Å². The summed E-state index contributed by atoms with van der Waals surface area (Å²) in [5.41, 5.74) is 1.16. The quantitative estimate of drug-likeness (QED) is 0.267. The molecule has 31 heavy (non-hydrogen) atoms. The van der Waals surface area contributed by atoms with Crippen molar-refractivity contribution in [1.29, 1.82) is 0 Å². The number of ether oxygens (including phenoxy) is 2. The molecule has 8 heteroatoms. The Balaban J connectivity index is 0.00000480. The van der Waals surface area contributed by atoms with Gasteiger partial charge in [0.05, 0.1) is 13.2 Å². The molecule has 1 aliphatic rings. The zero-order chi connectivity index (χ0) is 21.8. The van der Waals surface area contributed by atoms with Crippen molar-refractivity contribution in [3.05, 3.63) is 23.8 Å². The van der Waals surface area contributed by atoms with Crippen molar-refractivity contribution in [2.45, 2.75) is 58.4 Å². The minimum Gasteiger partial charge on any atom is -0.490 e. The predicted molar refractivity (Wildman–Crippen MR) is 137 cm³/mol. The third kappa shape index (κ3) is 9.97. The monoisotopic (exact) mass is 546 g/mol. The van der Waals surface area contributed by atoms with Crippen LogP contribution in [0.1, 0.15) is 51.5 Å². The lowest BCUT2D eigenvalue weighted by molar-refractivity contribution is -0.127. The largest absolute Gasteiger partial charge is 0.490 e. The number of likely N-dealkylation sites (N-methyl/N-ethyl adjacent to an activating group) is 1. The number of nitrogens with zero attached hydrogens (tertiary/aromatic N) is 2. The molecular formula is C23H39IN4O3. The maximum absolute atomic E-state index is 12.0. The molecule has 2 rings (SSSR count). The number of hydrogen-bond donors (Lipinski definition) is 2. The molecule has 176 valence electrons. The Kier molecular flexibility index (Phi) is 13.4. The molecule has 0 aromatic heterocycles. The summed E-state index contributed by atoms with van der Waals surface area (Å²) in [7, 11) is 3.50. The number of guanidine groups is 1. The second kappa shape index (κ2) is 15.2. The van der Waals surface area contributed by atoms with Crippen molar-refractivity contribution in [2.24, 2.45) is 4.99 Å². The molecule has 0 radical (unpaired) electrons. The van der Waals surface area contributed by atoms with Gasteiger partial charge in [-0.2, -0.15) is 0 Å². The van der Waals surface area contributed by atoms with E-state index in [9.17, 15) is 4.79 Å². The average molecular weight is 546 g/mol. The standard InChI is InChI=1S/C23H38N4O3.HI/c1-5-29-20-13-12-18(16-21(20)30-6-2)14-15-24-23(25-17-22(28)27(3)4)26-19-10-8-7-9-11-19;/h12-13,16,19H,5-11,14-15,17H2,1-4H3,(H2,24,25,26);1H. The molecular weight excluding hydrogens is 507 g/mol. The van der Waals surface area contributed by atoms with E-state index in [1.165, 1.54) is 19.3 Å². The number of nitrogens with one attached hydrogen (secondary N) is 2. The maximum atomic E-state index is 12.0. The Morgan fingerprint density at radius 1 is 1.10 bits per heavy atom. The van der Waals surface area contributed by atoms with Gasteiger partial charge < -0.3 is 25.0 Å². The Labute approximate surface area is 204 Å². The summed E-state index contributed by atoms with van der Waals surface area (Å²) in [4.78, 5) is 18.0. The van der Waals surface area contributed by atoms with Crippen LogP contribution in [0.15, 0.2) is 23.2 Å². The number of halogens is 1. The summed E-state index contributed by atoms with van der Waals surface area (Å²) >= 11 is 0. The summed E-state index contributed by atoms with van der Waals surface area (Å²) < 4.78 is 11.4. The molecule has 1 aliphatic carbocycles. The first-order valence-corrected chi connectivity index (χ1v) is 11.2. The highest BCUT2D eigenvalue weighted by Crippen LogP contribution is 2.28. The molecule has 0 aliphatic heterocycles. The molecule has 0 saturated heterocycles. The van der Waals surface area contributed by atoms with E-state index >= 15 is 0 Å². The number of rotatable bonds is 10. The average Bonchev–Trinajstić information content (AvgIpc) is 2.74. The van der Waals surface area contributed by atoms with E-state index in [2.05, 4.69) is 21.7 Å². The van der Waals surface area contributed by atoms with Crippen LogP contribution in [0.5, 0.6) is 11.5 Å². The minimum absolute atomic E-state index is 0. The molecule has 7 nitrogen and oxygen atoms in total. The molecule has 0 spiro atoms. The van der Waals surface area contributed by atoms with Crippen molar-refractivity contribution in [1.82, 2.24) is 15.5 Å². The predicted octanol–water partition coefficient (Wildman–Crippen LogP) is 3.60. The number of benzene rings is 1. The van der Waals surface area contributed by atoms with Crippen LogP contribution >= 0.6 is 24.0 Å². The Morgan fingerprint density at radius 3 is 2.42 bits per heavy atom. The van der Waals surface area contributed by atoms with E-state index in [1.807, 2.05) is 26.0 Å². The van der Waals surface area contributed by atoms with Crippen LogP contribution in [-0.4, -0.2) is 63.2 Å². The summed E-state index contributed by atoms with van der Waals surface area (Å²) in [6, 6.07) is 6.50. The Hall–Kier alpha value is -1.71. The van der Waals surface area contributed by atoms with Crippen LogP contribution in [0.2, 0.25) is 0 Å². The van der Waals surface area contributed by atoms with Crippen LogP contribution in [-0.2, 0) is 11.2 Å². The third-order valence-electron chi connectivity index (χ3n) is 5.13. The van der Waals surface area contributed by atoms with Gasteiger partial charge in [0.25, 0.3) is 0 Å². The normalized spacial score (nSPS) is 14.4. The van der Waals surface area contributed by atoms with Gasteiger partial charge >= 0.3 is 0 Å². The topological polar surface area (TPSA) is 75.2 Å². The van der Waals surface area contributed by atoms with Crippen LogP contribution in [0.3, 0.4) is 0 Å². The number of carbonyl (C=O) groups excluding carboxylic acids is 1. The van der Waals surface area contributed by atoms with Gasteiger partial charge in [0.2, 0.25) is 5.91 Å². The lowest BCUT2D eigenvalue weighted by Crippen LogP contribution is -2.45. The summed E-state index contributed by atoms with van der Waals surface area (Å²) in [5.74, 6) is 2.27. The van der Waals surface area contributed by atoms with Gasteiger partial charge in [-0.05, 0) is 50.8 Å². The zero-order valence-electron chi connectivity index (χ0n) is 19.4. The highest BCUT2D eigenvalue weighted by atomic mass is 127. The van der Waals surface area contributed by atoms with Crippen LogP contribution < -0.4 is 20.1 Å². The van der Waals surface area contributed by atoms with Crippen LogP contribution in [0.4, 0.5) is 0 Å². The summed E-state index contributed by atoms with van der Waals surface area (Å²) in [6.45, 7) is 6.01. The molecule has 0 atom stereocenters. The number of hydrogen-bond acceptors (Lipinski definition) is 4. The maximum Gasteiger partial charge on any atom is 0.243 e. The molecule has 1 fully saturated rings. The van der Waals surface area contributed by atoms with Crippen LogP contribution in [0, 0.1) is 0 Å². The molecule has 1 aromatic carbocycles. The Bertz CT molecular complexity index is 691. The van der Waals surface area contributed by atoms with Crippen molar-refractivity contribution in [3.8, 4) is 11.5 Å². The van der Waals surface area contributed by atoms with E-state index in [-0.39, 0.29) is 36.4 Å². The van der Waals surface area contributed by atoms with E-state index < -0.39 is 0 Å². The fourth-order valence-electron chi connectivity index (χ4n) is 3.46. The summed E-state index contributed by atoms with van der Waals surface area (Å²) in [5, 5.41) is 6.91. The van der Waals surface area contributed by atoms with Gasteiger partial charge in [-0.25, -0.2) is 4.99 Å². The van der Waals surface area contributed by atoms with Crippen LogP contribution in [0.25, 0.3) is 0 Å². The third-order valence-corrected chi connectivity index (χ3v) is 5.13. The fourth-order valence-corrected chi connectivity index (χ4v) is 3.46. The SMILES string of the molecule is CCOc1ccc(CCNC(=NCC(=O)N(C)C)NC2CCCCC2)cc1OCC.I. The summed E-state index contributed by atoms with van der Waals surface area (Å²) in [6.07, 6.45) is 6.91. The minimum atomic E-state index is -0.00684. The van der Waals surface area contributed by atoms with E-state index in [0.717, 1.165) is 36.3 Å². The van der Waals surface area contributed by atoms with Crippen molar-refractivity contribution in [2.75, 3.05) is 40.4 Å².